The average Bonchev–Trinajstić information content (AvgIpc) is 3.24. The molecule has 2 aromatic rings. The average molecular weight is 504 g/mol. The van der Waals surface area contributed by atoms with Crippen molar-refractivity contribution < 1.29 is 32.7 Å². The van der Waals surface area contributed by atoms with Gasteiger partial charge in [0.25, 0.3) is 0 Å². The summed E-state index contributed by atoms with van der Waals surface area (Å²) in [6, 6.07) is 18.1. The summed E-state index contributed by atoms with van der Waals surface area (Å²) < 4.78 is 31.7. The SMILES string of the molecule is O=C(N[C@H](/C=C/C(=O)N1Cc2ccccc2C1)CCc1ccccc1)[C@@H]1CCN1.O=C(O)C(F)(F)F. The van der Waals surface area contributed by atoms with Crippen LogP contribution < -0.4 is 10.6 Å². The third-order valence-corrected chi connectivity index (χ3v) is 5.92. The van der Waals surface area contributed by atoms with Gasteiger partial charge in [-0.1, -0.05) is 60.7 Å². The number of aliphatic carboxylic acids is 1. The normalized spacial score (nSPS) is 17.4. The summed E-state index contributed by atoms with van der Waals surface area (Å²) in [5.41, 5.74) is 3.64. The van der Waals surface area contributed by atoms with Crippen molar-refractivity contribution in [3.05, 3.63) is 83.4 Å². The lowest BCUT2D eigenvalue weighted by Crippen LogP contribution is -2.54. The van der Waals surface area contributed by atoms with Crippen molar-refractivity contribution in [1.82, 2.24) is 15.5 Å². The van der Waals surface area contributed by atoms with E-state index in [-0.39, 0.29) is 23.9 Å². The van der Waals surface area contributed by atoms with E-state index in [1.807, 2.05) is 41.3 Å². The van der Waals surface area contributed by atoms with E-state index in [4.69, 9.17) is 9.90 Å². The Kier molecular flexibility index (Phi) is 9.24. The van der Waals surface area contributed by atoms with Gasteiger partial charge in [0.15, 0.2) is 0 Å². The van der Waals surface area contributed by atoms with Crippen LogP contribution in [0.2, 0.25) is 0 Å². The van der Waals surface area contributed by atoms with Gasteiger partial charge in [0.2, 0.25) is 11.8 Å². The molecule has 0 radical (unpaired) electrons. The van der Waals surface area contributed by atoms with E-state index in [1.165, 1.54) is 16.7 Å². The van der Waals surface area contributed by atoms with Gasteiger partial charge in [0, 0.05) is 25.2 Å². The fourth-order valence-corrected chi connectivity index (χ4v) is 3.77. The number of nitrogens with zero attached hydrogens (tertiary/aromatic N) is 1. The largest absolute Gasteiger partial charge is 0.490 e. The highest BCUT2D eigenvalue weighted by molar-refractivity contribution is 5.88. The van der Waals surface area contributed by atoms with Crippen molar-refractivity contribution in [1.29, 1.82) is 0 Å². The van der Waals surface area contributed by atoms with E-state index in [1.54, 1.807) is 6.08 Å². The van der Waals surface area contributed by atoms with Gasteiger partial charge in [-0.2, -0.15) is 13.2 Å². The predicted octanol–water partition coefficient (Wildman–Crippen LogP) is 3.20. The molecule has 2 amide bonds. The van der Waals surface area contributed by atoms with Crippen LogP contribution in [0, 0.1) is 0 Å². The van der Waals surface area contributed by atoms with Crippen molar-refractivity contribution >= 4 is 17.8 Å². The minimum atomic E-state index is -5.08. The van der Waals surface area contributed by atoms with Gasteiger partial charge in [0.1, 0.15) is 0 Å². The molecule has 1 fully saturated rings. The molecule has 0 bridgehead atoms. The minimum absolute atomic E-state index is 0.0121. The molecular formula is C26H28F3N3O4. The number of benzene rings is 2. The number of halogens is 3. The standard InChI is InChI=1S/C24H27N3O2.C2HF3O2/c28-23(27-16-19-8-4-5-9-20(19)17-27)13-12-21(26-24(29)22-14-15-25-22)11-10-18-6-2-1-3-7-18;3-2(4,5)1(6)7/h1-9,12-13,21-22,25H,10-11,14-17H2,(H,26,29);(H,6,7)/b13-12+;/t21-,22-;/m0./s1. The van der Waals surface area contributed by atoms with Gasteiger partial charge in [-0.25, -0.2) is 4.79 Å². The molecule has 2 aliphatic heterocycles. The Morgan fingerprint density at radius 3 is 2.11 bits per heavy atom. The number of amides is 2. The summed E-state index contributed by atoms with van der Waals surface area (Å²) in [5, 5.41) is 13.4. The Bertz CT molecular complexity index is 1060. The van der Waals surface area contributed by atoms with Crippen molar-refractivity contribution in [2.45, 2.75) is 50.6 Å². The van der Waals surface area contributed by atoms with E-state index in [0.717, 1.165) is 25.8 Å². The van der Waals surface area contributed by atoms with Crippen LogP contribution in [0.5, 0.6) is 0 Å². The molecule has 2 heterocycles. The summed E-state index contributed by atoms with van der Waals surface area (Å²) in [5.74, 6) is -2.76. The first kappa shape index (κ1) is 26.9. The van der Waals surface area contributed by atoms with Crippen LogP contribution in [0.1, 0.15) is 29.5 Å². The first-order valence-electron chi connectivity index (χ1n) is 11.5. The summed E-state index contributed by atoms with van der Waals surface area (Å²) in [6.45, 7) is 2.18. The second-order valence-corrected chi connectivity index (χ2v) is 8.56. The Hall–Kier alpha value is -3.66. The third-order valence-electron chi connectivity index (χ3n) is 5.92. The molecule has 0 saturated carbocycles. The zero-order valence-corrected chi connectivity index (χ0v) is 19.5. The van der Waals surface area contributed by atoms with Crippen LogP contribution in [-0.4, -0.2) is 52.6 Å². The molecule has 0 aromatic heterocycles. The lowest BCUT2D eigenvalue weighted by atomic mass is 10.0. The van der Waals surface area contributed by atoms with Crippen LogP contribution in [-0.2, 0) is 33.9 Å². The Balaban J connectivity index is 0.000000454. The number of nitrogens with one attached hydrogen (secondary N) is 2. The number of carboxylic acids is 1. The van der Waals surface area contributed by atoms with E-state index < -0.39 is 12.1 Å². The van der Waals surface area contributed by atoms with E-state index >= 15 is 0 Å². The molecule has 10 heteroatoms. The molecule has 0 unspecified atom stereocenters. The van der Waals surface area contributed by atoms with Gasteiger partial charge in [-0.05, 0) is 42.5 Å². The van der Waals surface area contributed by atoms with Crippen LogP contribution in [0.4, 0.5) is 13.2 Å². The molecule has 2 aromatic carbocycles. The molecule has 0 spiro atoms. The van der Waals surface area contributed by atoms with Crippen LogP contribution >= 0.6 is 0 Å². The van der Waals surface area contributed by atoms with Gasteiger partial charge < -0.3 is 20.6 Å². The Labute approximate surface area is 207 Å². The minimum Gasteiger partial charge on any atom is -0.475 e. The number of carboxylic acid groups (broad SMARTS) is 1. The molecular weight excluding hydrogens is 475 g/mol. The molecule has 2 atom stereocenters. The lowest BCUT2D eigenvalue weighted by molar-refractivity contribution is -0.192. The van der Waals surface area contributed by atoms with Crippen molar-refractivity contribution in [2.75, 3.05) is 6.54 Å². The smallest absolute Gasteiger partial charge is 0.475 e. The number of alkyl halides is 3. The number of hydrogen-bond acceptors (Lipinski definition) is 4. The van der Waals surface area contributed by atoms with Crippen LogP contribution in [0.3, 0.4) is 0 Å². The third kappa shape index (κ3) is 7.94. The molecule has 1 saturated heterocycles. The number of aryl methyl sites for hydroxylation is 1. The second kappa shape index (κ2) is 12.3. The number of carbonyl (C=O) groups is 3. The maximum absolute atomic E-state index is 12.7. The maximum Gasteiger partial charge on any atom is 0.490 e. The maximum atomic E-state index is 12.7. The van der Waals surface area contributed by atoms with Crippen molar-refractivity contribution in [2.24, 2.45) is 0 Å². The van der Waals surface area contributed by atoms with Gasteiger partial charge in [-0.15, -0.1) is 0 Å². The fraction of sp³-hybridized carbons (Fsp3) is 0.346. The summed E-state index contributed by atoms with van der Waals surface area (Å²) in [6.07, 6.45) is 0.858. The molecule has 192 valence electrons. The number of carbonyl (C=O) groups excluding carboxylic acids is 2. The highest BCUT2D eigenvalue weighted by Gasteiger charge is 2.38. The molecule has 2 aliphatic rings. The quantitative estimate of drug-likeness (QED) is 0.504. The number of rotatable bonds is 7. The second-order valence-electron chi connectivity index (χ2n) is 8.56. The molecule has 4 rings (SSSR count). The highest BCUT2D eigenvalue weighted by atomic mass is 19.4. The summed E-state index contributed by atoms with van der Waals surface area (Å²) in [4.78, 5) is 35.8. The van der Waals surface area contributed by atoms with Gasteiger partial charge in [-0.3, -0.25) is 9.59 Å². The first-order chi connectivity index (χ1) is 17.1. The summed E-state index contributed by atoms with van der Waals surface area (Å²) >= 11 is 0. The predicted molar refractivity (Wildman–Crippen MR) is 127 cm³/mol. The molecule has 0 aliphatic carbocycles. The summed E-state index contributed by atoms with van der Waals surface area (Å²) in [7, 11) is 0. The zero-order chi connectivity index (χ0) is 26.1. The molecule has 36 heavy (non-hydrogen) atoms. The number of fused-ring (bicyclic) bond motifs is 1. The number of hydrogen-bond donors (Lipinski definition) is 3. The van der Waals surface area contributed by atoms with E-state index in [0.29, 0.717) is 13.1 Å². The van der Waals surface area contributed by atoms with Gasteiger partial charge in [0.05, 0.1) is 6.04 Å². The van der Waals surface area contributed by atoms with E-state index in [2.05, 4.69) is 34.9 Å². The van der Waals surface area contributed by atoms with Crippen LogP contribution in [0.15, 0.2) is 66.7 Å². The Morgan fingerprint density at radius 2 is 1.61 bits per heavy atom. The Morgan fingerprint density at radius 1 is 1.06 bits per heavy atom. The molecule has 7 nitrogen and oxygen atoms in total. The topological polar surface area (TPSA) is 98.7 Å². The monoisotopic (exact) mass is 503 g/mol. The van der Waals surface area contributed by atoms with Gasteiger partial charge >= 0.3 is 12.1 Å². The zero-order valence-electron chi connectivity index (χ0n) is 19.5. The fourth-order valence-electron chi connectivity index (χ4n) is 3.77. The van der Waals surface area contributed by atoms with Crippen molar-refractivity contribution in [3.63, 3.8) is 0 Å². The first-order valence-corrected chi connectivity index (χ1v) is 11.5. The van der Waals surface area contributed by atoms with Crippen LogP contribution in [0.25, 0.3) is 0 Å². The van der Waals surface area contributed by atoms with Crippen molar-refractivity contribution in [3.8, 4) is 0 Å². The highest BCUT2D eigenvalue weighted by Crippen LogP contribution is 2.22. The lowest BCUT2D eigenvalue weighted by Gasteiger charge is -2.28. The van der Waals surface area contributed by atoms with E-state index in [9.17, 15) is 22.8 Å². The molecule has 3 N–H and O–H groups in total.